The van der Waals surface area contributed by atoms with E-state index in [1.54, 1.807) is 0 Å². The van der Waals surface area contributed by atoms with Crippen LogP contribution in [0.2, 0.25) is 0 Å². The van der Waals surface area contributed by atoms with E-state index >= 15 is 0 Å². The van der Waals surface area contributed by atoms with Crippen molar-refractivity contribution in [3.05, 3.63) is 35.5 Å². The van der Waals surface area contributed by atoms with E-state index in [2.05, 4.69) is 4.98 Å². The lowest BCUT2D eigenvalue weighted by atomic mass is 9.64. The van der Waals surface area contributed by atoms with E-state index in [0.717, 1.165) is 41.4 Å². The summed E-state index contributed by atoms with van der Waals surface area (Å²) in [5.74, 6) is 0.228. The minimum absolute atomic E-state index is 0.228. The molecule has 0 spiro atoms. The van der Waals surface area contributed by atoms with Crippen molar-refractivity contribution in [3.63, 3.8) is 0 Å². The summed E-state index contributed by atoms with van der Waals surface area (Å²) >= 11 is 0. The Hall–Kier alpha value is -1.61. The van der Waals surface area contributed by atoms with Crippen LogP contribution in [0.1, 0.15) is 35.3 Å². The minimum Gasteiger partial charge on any atom is -0.358 e. The number of carbonyl (C=O) groups excluding carboxylic acids is 1. The third kappa shape index (κ3) is 1.44. The quantitative estimate of drug-likeness (QED) is 0.813. The number of aryl methyl sites for hydroxylation is 1. The highest BCUT2D eigenvalue weighted by molar-refractivity contribution is 6.12. The SMILES string of the molecule is Cc1[nH]c2ccccc2c1C(=O)C1(CN)CCC1. The van der Waals surface area contributed by atoms with Crippen LogP contribution in [0.25, 0.3) is 10.9 Å². The van der Waals surface area contributed by atoms with E-state index in [1.807, 2.05) is 31.2 Å². The Balaban J connectivity index is 2.14. The van der Waals surface area contributed by atoms with Gasteiger partial charge in [0.25, 0.3) is 0 Å². The number of Topliss-reactive ketones (excluding diaryl/α,β-unsaturated/α-hetero) is 1. The third-order valence-electron chi connectivity index (χ3n) is 4.30. The van der Waals surface area contributed by atoms with E-state index in [0.29, 0.717) is 6.54 Å². The van der Waals surface area contributed by atoms with Crippen molar-refractivity contribution in [1.82, 2.24) is 4.98 Å². The highest BCUT2D eigenvalue weighted by Gasteiger charge is 2.44. The first-order valence-corrected chi connectivity index (χ1v) is 6.50. The van der Waals surface area contributed by atoms with Gasteiger partial charge >= 0.3 is 0 Å². The molecule has 1 heterocycles. The smallest absolute Gasteiger partial charge is 0.172 e. The fourth-order valence-corrected chi connectivity index (χ4v) is 2.96. The Kier molecular flexibility index (Phi) is 2.52. The number of hydrogen-bond acceptors (Lipinski definition) is 2. The first-order chi connectivity index (χ1) is 8.68. The lowest BCUT2D eigenvalue weighted by molar-refractivity contribution is 0.0637. The number of rotatable bonds is 3. The van der Waals surface area contributed by atoms with Crippen LogP contribution in [-0.2, 0) is 0 Å². The maximum atomic E-state index is 12.8. The Morgan fingerprint density at radius 1 is 1.39 bits per heavy atom. The largest absolute Gasteiger partial charge is 0.358 e. The molecule has 3 heteroatoms. The Bertz CT molecular complexity index is 602. The number of nitrogens with two attached hydrogens (primary N) is 1. The molecule has 1 aliphatic rings. The van der Waals surface area contributed by atoms with Crippen LogP contribution in [0.4, 0.5) is 0 Å². The number of nitrogens with one attached hydrogen (secondary N) is 1. The molecule has 0 atom stereocenters. The molecule has 94 valence electrons. The average Bonchev–Trinajstić information content (AvgIpc) is 2.63. The molecule has 1 saturated carbocycles. The molecular formula is C15H18N2O. The lowest BCUT2D eigenvalue weighted by Crippen LogP contribution is -2.44. The molecule has 0 unspecified atom stereocenters. The van der Waals surface area contributed by atoms with Crippen LogP contribution in [0.5, 0.6) is 0 Å². The minimum atomic E-state index is -0.296. The Morgan fingerprint density at radius 2 is 2.11 bits per heavy atom. The van der Waals surface area contributed by atoms with Gasteiger partial charge in [0.15, 0.2) is 5.78 Å². The fourth-order valence-electron chi connectivity index (χ4n) is 2.96. The maximum Gasteiger partial charge on any atom is 0.172 e. The zero-order valence-electron chi connectivity index (χ0n) is 10.6. The van der Waals surface area contributed by atoms with Gasteiger partial charge in [0.2, 0.25) is 0 Å². The van der Waals surface area contributed by atoms with E-state index in [4.69, 9.17) is 5.73 Å². The van der Waals surface area contributed by atoms with Gasteiger partial charge in [-0.2, -0.15) is 0 Å². The maximum absolute atomic E-state index is 12.8. The van der Waals surface area contributed by atoms with Crippen LogP contribution in [0.15, 0.2) is 24.3 Å². The van der Waals surface area contributed by atoms with Gasteiger partial charge in [-0.15, -0.1) is 0 Å². The molecule has 1 aromatic carbocycles. The summed E-state index contributed by atoms with van der Waals surface area (Å²) in [6, 6.07) is 7.97. The molecule has 3 rings (SSSR count). The van der Waals surface area contributed by atoms with Crippen molar-refractivity contribution in [1.29, 1.82) is 0 Å². The molecule has 2 aromatic rings. The number of carbonyl (C=O) groups is 1. The van der Waals surface area contributed by atoms with Crippen molar-refractivity contribution < 1.29 is 4.79 Å². The number of fused-ring (bicyclic) bond motifs is 1. The van der Waals surface area contributed by atoms with Crippen molar-refractivity contribution in [2.45, 2.75) is 26.2 Å². The predicted octanol–water partition coefficient (Wildman–Crippen LogP) is 2.79. The molecule has 0 amide bonds. The molecule has 1 aliphatic carbocycles. The number of para-hydroxylation sites is 1. The van der Waals surface area contributed by atoms with Crippen LogP contribution < -0.4 is 5.73 Å². The van der Waals surface area contributed by atoms with Crippen molar-refractivity contribution in [2.24, 2.45) is 11.1 Å². The highest BCUT2D eigenvalue weighted by atomic mass is 16.1. The monoisotopic (exact) mass is 242 g/mol. The number of benzene rings is 1. The van der Waals surface area contributed by atoms with Gasteiger partial charge in [0.1, 0.15) is 0 Å². The van der Waals surface area contributed by atoms with Gasteiger partial charge in [0.05, 0.1) is 0 Å². The summed E-state index contributed by atoms with van der Waals surface area (Å²) in [5, 5.41) is 1.03. The summed E-state index contributed by atoms with van der Waals surface area (Å²) in [6.07, 6.45) is 2.98. The molecule has 0 saturated heterocycles. The topological polar surface area (TPSA) is 58.9 Å². The second-order valence-corrected chi connectivity index (χ2v) is 5.34. The van der Waals surface area contributed by atoms with Gasteiger partial charge in [-0.05, 0) is 25.8 Å². The Morgan fingerprint density at radius 3 is 2.72 bits per heavy atom. The van der Waals surface area contributed by atoms with E-state index < -0.39 is 0 Å². The van der Waals surface area contributed by atoms with Crippen molar-refractivity contribution in [3.8, 4) is 0 Å². The van der Waals surface area contributed by atoms with Gasteiger partial charge in [-0.3, -0.25) is 4.79 Å². The van der Waals surface area contributed by atoms with Gasteiger partial charge in [0, 0.05) is 34.1 Å². The van der Waals surface area contributed by atoms with Gasteiger partial charge in [-0.1, -0.05) is 24.6 Å². The molecular weight excluding hydrogens is 224 g/mol. The fraction of sp³-hybridized carbons (Fsp3) is 0.400. The first-order valence-electron chi connectivity index (χ1n) is 6.50. The molecule has 1 aromatic heterocycles. The standard InChI is InChI=1S/C15H18N2O/c1-10-13(11-5-2-3-6-12(11)17-10)14(18)15(9-16)7-4-8-15/h2-3,5-6,17H,4,7-9,16H2,1H3. The molecule has 0 bridgehead atoms. The number of hydrogen-bond donors (Lipinski definition) is 2. The predicted molar refractivity (Wildman–Crippen MR) is 72.7 cm³/mol. The van der Waals surface area contributed by atoms with E-state index in [9.17, 15) is 4.79 Å². The highest BCUT2D eigenvalue weighted by Crippen LogP contribution is 2.44. The molecule has 0 radical (unpaired) electrons. The second-order valence-electron chi connectivity index (χ2n) is 5.34. The number of aromatic nitrogens is 1. The average molecular weight is 242 g/mol. The number of ketones is 1. The van der Waals surface area contributed by atoms with E-state index in [-0.39, 0.29) is 11.2 Å². The molecule has 1 fully saturated rings. The third-order valence-corrected chi connectivity index (χ3v) is 4.30. The van der Waals surface area contributed by atoms with Gasteiger partial charge < -0.3 is 10.7 Å². The molecule has 3 nitrogen and oxygen atoms in total. The first kappa shape index (κ1) is 11.5. The normalized spacial score (nSPS) is 17.7. The van der Waals surface area contributed by atoms with Crippen molar-refractivity contribution in [2.75, 3.05) is 6.54 Å². The Labute approximate surface area is 106 Å². The second kappa shape index (κ2) is 3.95. The summed E-state index contributed by atoms with van der Waals surface area (Å²) in [4.78, 5) is 16.1. The number of aromatic amines is 1. The van der Waals surface area contributed by atoms with Crippen LogP contribution in [0, 0.1) is 12.3 Å². The zero-order valence-corrected chi connectivity index (χ0v) is 10.6. The number of H-pyrrole nitrogens is 1. The summed E-state index contributed by atoms with van der Waals surface area (Å²) in [5.41, 5.74) is 8.38. The summed E-state index contributed by atoms with van der Waals surface area (Å²) in [6.45, 7) is 2.43. The van der Waals surface area contributed by atoms with Crippen LogP contribution >= 0.6 is 0 Å². The van der Waals surface area contributed by atoms with Crippen molar-refractivity contribution >= 4 is 16.7 Å². The van der Waals surface area contributed by atoms with Crippen LogP contribution in [0.3, 0.4) is 0 Å². The van der Waals surface area contributed by atoms with Gasteiger partial charge in [-0.25, -0.2) is 0 Å². The van der Waals surface area contributed by atoms with E-state index in [1.165, 1.54) is 0 Å². The summed E-state index contributed by atoms with van der Waals surface area (Å²) < 4.78 is 0. The van der Waals surface area contributed by atoms with Crippen LogP contribution in [-0.4, -0.2) is 17.3 Å². The molecule has 0 aliphatic heterocycles. The molecule has 3 N–H and O–H groups in total. The molecule has 18 heavy (non-hydrogen) atoms. The summed E-state index contributed by atoms with van der Waals surface area (Å²) in [7, 11) is 0. The zero-order chi connectivity index (χ0) is 12.8. The lowest BCUT2D eigenvalue weighted by Gasteiger charge is -2.39.